The van der Waals surface area contributed by atoms with Crippen LogP contribution in [0.15, 0.2) is 18.2 Å². The summed E-state index contributed by atoms with van der Waals surface area (Å²) in [4.78, 5) is 2.34. The standard InChI is InChI=1S/C20H32N2O2/c1-22-13-7-8-16(14-22)24-18-10-6-9-17(19(18)23-2)20(15-21)11-4-3-5-12-20/h6,9-10,16H,3-5,7-8,11-15,21H2,1-2H3. The van der Waals surface area contributed by atoms with Gasteiger partial charge in [-0.15, -0.1) is 0 Å². The zero-order valence-electron chi connectivity index (χ0n) is 15.2. The number of benzene rings is 1. The van der Waals surface area contributed by atoms with Gasteiger partial charge in [0.25, 0.3) is 0 Å². The Kier molecular flexibility index (Phi) is 5.67. The van der Waals surface area contributed by atoms with Crippen molar-refractivity contribution >= 4 is 0 Å². The lowest BCUT2D eigenvalue weighted by molar-refractivity contribution is 0.101. The monoisotopic (exact) mass is 332 g/mol. The largest absolute Gasteiger partial charge is 0.493 e. The van der Waals surface area contributed by atoms with Crippen LogP contribution in [0.2, 0.25) is 0 Å². The first-order valence-electron chi connectivity index (χ1n) is 9.41. The molecule has 1 unspecified atom stereocenters. The van der Waals surface area contributed by atoms with Gasteiger partial charge in [0.15, 0.2) is 11.5 Å². The lowest BCUT2D eigenvalue weighted by atomic mass is 9.69. The maximum Gasteiger partial charge on any atom is 0.164 e. The minimum Gasteiger partial charge on any atom is -0.493 e. The molecule has 1 aromatic carbocycles. The number of nitrogens with zero attached hydrogens (tertiary/aromatic N) is 1. The number of para-hydroxylation sites is 1. The number of rotatable bonds is 5. The minimum absolute atomic E-state index is 0.0479. The van der Waals surface area contributed by atoms with Gasteiger partial charge >= 0.3 is 0 Å². The average Bonchev–Trinajstić information content (AvgIpc) is 2.62. The minimum atomic E-state index is 0.0479. The summed E-state index contributed by atoms with van der Waals surface area (Å²) in [7, 11) is 3.92. The van der Waals surface area contributed by atoms with Crippen LogP contribution in [0.1, 0.15) is 50.5 Å². The molecule has 0 amide bonds. The van der Waals surface area contributed by atoms with E-state index < -0.39 is 0 Å². The van der Waals surface area contributed by atoms with Crippen LogP contribution in [0.3, 0.4) is 0 Å². The van der Waals surface area contributed by atoms with Crippen molar-refractivity contribution in [2.75, 3.05) is 33.8 Å². The van der Waals surface area contributed by atoms with E-state index in [1.807, 2.05) is 6.07 Å². The van der Waals surface area contributed by atoms with Crippen LogP contribution in [-0.4, -0.2) is 44.8 Å². The van der Waals surface area contributed by atoms with E-state index in [-0.39, 0.29) is 11.5 Å². The highest BCUT2D eigenvalue weighted by molar-refractivity contribution is 5.50. The second-order valence-electron chi connectivity index (χ2n) is 7.53. The number of likely N-dealkylation sites (tertiary alicyclic amines) is 1. The molecule has 2 fully saturated rings. The zero-order chi connectivity index (χ0) is 17.0. The number of nitrogens with two attached hydrogens (primary N) is 1. The SMILES string of the molecule is COc1c(OC2CCCN(C)C2)cccc1C1(CN)CCCCC1. The van der Waals surface area contributed by atoms with Crippen LogP contribution in [0.5, 0.6) is 11.5 Å². The highest BCUT2D eigenvalue weighted by Crippen LogP contribution is 2.46. The molecule has 1 atom stereocenters. The van der Waals surface area contributed by atoms with E-state index >= 15 is 0 Å². The van der Waals surface area contributed by atoms with Crippen LogP contribution < -0.4 is 15.2 Å². The van der Waals surface area contributed by atoms with Crippen molar-refractivity contribution < 1.29 is 9.47 Å². The molecule has 0 spiro atoms. The first-order chi connectivity index (χ1) is 11.7. The third-order valence-corrected chi connectivity index (χ3v) is 5.83. The molecule has 0 bridgehead atoms. The maximum absolute atomic E-state index is 6.36. The van der Waals surface area contributed by atoms with Crippen LogP contribution in [0.25, 0.3) is 0 Å². The fraction of sp³-hybridized carbons (Fsp3) is 0.700. The zero-order valence-corrected chi connectivity index (χ0v) is 15.2. The van der Waals surface area contributed by atoms with Gasteiger partial charge in [0.2, 0.25) is 0 Å². The van der Waals surface area contributed by atoms with Crippen LogP contribution in [0.4, 0.5) is 0 Å². The Morgan fingerprint density at radius 2 is 2.00 bits per heavy atom. The van der Waals surface area contributed by atoms with E-state index in [0.29, 0.717) is 6.54 Å². The summed E-state index contributed by atoms with van der Waals surface area (Å²) in [6.07, 6.45) is 8.65. The van der Waals surface area contributed by atoms with Gasteiger partial charge in [-0.1, -0.05) is 31.4 Å². The average molecular weight is 332 g/mol. The van der Waals surface area contributed by atoms with Gasteiger partial charge in [-0.05, 0) is 45.3 Å². The number of piperidine rings is 1. The number of likely N-dealkylation sites (N-methyl/N-ethyl adjacent to an activating group) is 1. The summed E-state index contributed by atoms with van der Waals surface area (Å²) in [5, 5.41) is 0. The number of hydrogen-bond acceptors (Lipinski definition) is 4. The van der Waals surface area contributed by atoms with Crippen LogP contribution in [0, 0.1) is 0 Å². The summed E-state index contributed by atoms with van der Waals surface area (Å²) in [6, 6.07) is 6.34. The molecule has 2 aliphatic rings. The molecule has 134 valence electrons. The van der Waals surface area contributed by atoms with Crippen molar-refractivity contribution in [3.05, 3.63) is 23.8 Å². The fourth-order valence-corrected chi connectivity index (χ4v) is 4.44. The third kappa shape index (κ3) is 3.55. The molecule has 1 saturated heterocycles. The number of hydrogen-bond donors (Lipinski definition) is 1. The van der Waals surface area contributed by atoms with Crippen molar-refractivity contribution in [1.82, 2.24) is 4.90 Å². The van der Waals surface area contributed by atoms with Gasteiger partial charge in [0.05, 0.1) is 7.11 Å². The van der Waals surface area contributed by atoms with Crippen LogP contribution in [-0.2, 0) is 5.41 Å². The summed E-state index contributed by atoms with van der Waals surface area (Å²) in [6.45, 7) is 2.82. The van der Waals surface area contributed by atoms with Gasteiger partial charge < -0.3 is 20.1 Å². The molecule has 4 heteroatoms. The van der Waals surface area contributed by atoms with Crippen LogP contribution >= 0.6 is 0 Å². The molecular formula is C20H32N2O2. The van der Waals surface area contributed by atoms with Crippen molar-refractivity contribution in [2.24, 2.45) is 5.73 Å². The summed E-state index contributed by atoms with van der Waals surface area (Å²) in [5.74, 6) is 1.78. The Balaban J connectivity index is 1.88. The molecule has 3 rings (SSSR count). The molecule has 0 aromatic heterocycles. The normalized spacial score (nSPS) is 24.5. The molecule has 24 heavy (non-hydrogen) atoms. The Morgan fingerprint density at radius 1 is 1.21 bits per heavy atom. The van der Waals surface area contributed by atoms with E-state index in [2.05, 4.69) is 24.1 Å². The van der Waals surface area contributed by atoms with Gasteiger partial charge in [0.1, 0.15) is 6.10 Å². The van der Waals surface area contributed by atoms with E-state index in [0.717, 1.165) is 43.9 Å². The lowest BCUT2D eigenvalue weighted by Gasteiger charge is -2.38. The first kappa shape index (κ1) is 17.6. The summed E-state index contributed by atoms with van der Waals surface area (Å²) >= 11 is 0. The molecular weight excluding hydrogens is 300 g/mol. The van der Waals surface area contributed by atoms with E-state index in [1.54, 1.807) is 7.11 Å². The second kappa shape index (κ2) is 7.75. The van der Waals surface area contributed by atoms with E-state index in [4.69, 9.17) is 15.2 Å². The molecule has 0 radical (unpaired) electrons. The van der Waals surface area contributed by atoms with Gasteiger partial charge in [0, 0.05) is 24.1 Å². The Morgan fingerprint density at radius 3 is 2.67 bits per heavy atom. The van der Waals surface area contributed by atoms with Crippen molar-refractivity contribution in [1.29, 1.82) is 0 Å². The van der Waals surface area contributed by atoms with Crippen molar-refractivity contribution in [3.63, 3.8) is 0 Å². The first-order valence-corrected chi connectivity index (χ1v) is 9.41. The highest BCUT2D eigenvalue weighted by Gasteiger charge is 2.36. The molecule has 1 aliphatic heterocycles. The van der Waals surface area contributed by atoms with Gasteiger partial charge in [-0.3, -0.25) is 0 Å². The lowest BCUT2D eigenvalue weighted by Crippen LogP contribution is -2.39. The number of methoxy groups -OCH3 is 1. The molecule has 2 N–H and O–H groups in total. The van der Waals surface area contributed by atoms with Crippen molar-refractivity contribution in [3.8, 4) is 11.5 Å². The number of ether oxygens (including phenoxy) is 2. The predicted molar refractivity (Wildman–Crippen MR) is 98.0 cm³/mol. The van der Waals surface area contributed by atoms with E-state index in [1.165, 1.54) is 31.2 Å². The smallest absolute Gasteiger partial charge is 0.164 e. The van der Waals surface area contributed by atoms with Crippen molar-refractivity contribution in [2.45, 2.75) is 56.5 Å². The molecule has 4 nitrogen and oxygen atoms in total. The maximum atomic E-state index is 6.36. The third-order valence-electron chi connectivity index (χ3n) is 5.83. The molecule has 1 saturated carbocycles. The molecule has 1 aliphatic carbocycles. The summed E-state index contributed by atoms with van der Waals surface area (Å²) in [5.41, 5.74) is 7.54. The molecule has 1 aromatic rings. The van der Waals surface area contributed by atoms with Gasteiger partial charge in [-0.2, -0.15) is 0 Å². The predicted octanol–water partition coefficient (Wildman–Crippen LogP) is 3.33. The fourth-order valence-electron chi connectivity index (χ4n) is 4.44. The Bertz CT molecular complexity index is 540. The highest BCUT2D eigenvalue weighted by atomic mass is 16.5. The summed E-state index contributed by atoms with van der Waals surface area (Å²) < 4.78 is 12.2. The Hall–Kier alpha value is -1.26. The molecule has 1 heterocycles. The topological polar surface area (TPSA) is 47.7 Å². The Labute approximate surface area is 146 Å². The second-order valence-corrected chi connectivity index (χ2v) is 7.53. The van der Waals surface area contributed by atoms with Gasteiger partial charge in [-0.25, -0.2) is 0 Å². The quantitative estimate of drug-likeness (QED) is 0.898. The van der Waals surface area contributed by atoms with E-state index in [9.17, 15) is 0 Å².